The Morgan fingerprint density at radius 2 is 2.05 bits per heavy atom. The molecule has 0 aliphatic heterocycles. The first kappa shape index (κ1) is 14.6. The molecule has 1 atom stereocenters. The molecule has 106 valence electrons. The second kappa shape index (κ2) is 6.07. The van der Waals surface area contributed by atoms with Crippen molar-refractivity contribution in [1.29, 1.82) is 0 Å². The Hall–Kier alpha value is -1.85. The molecule has 0 aliphatic carbocycles. The quantitative estimate of drug-likeness (QED) is 0.885. The van der Waals surface area contributed by atoms with E-state index in [1.807, 2.05) is 37.3 Å². The van der Waals surface area contributed by atoms with E-state index < -0.39 is 5.54 Å². The predicted molar refractivity (Wildman–Crippen MR) is 80.1 cm³/mol. The van der Waals surface area contributed by atoms with Gasteiger partial charge >= 0.3 is 6.01 Å². The molecule has 5 nitrogen and oxygen atoms in total. The molecule has 20 heavy (non-hydrogen) atoms. The van der Waals surface area contributed by atoms with Crippen LogP contribution in [0.5, 0.6) is 6.01 Å². The SMILES string of the molecule is COc1ncc(Cl)c(NC(C)(CN)c2ccccc2)n1. The van der Waals surface area contributed by atoms with Crippen molar-refractivity contribution in [3.63, 3.8) is 0 Å². The van der Waals surface area contributed by atoms with Gasteiger partial charge in [-0.3, -0.25) is 0 Å². The maximum atomic E-state index is 6.12. The van der Waals surface area contributed by atoms with Crippen LogP contribution in [0.2, 0.25) is 5.02 Å². The van der Waals surface area contributed by atoms with Gasteiger partial charge in [0.15, 0.2) is 5.82 Å². The number of benzene rings is 1. The molecule has 2 aromatic rings. The van der Waals surface area contributed by atoms with Gasteiger partial charge in [0.25, 0.3) is 0 Å². The number of nitrogens with zero attached hydrogens (tertiary/aromatic N) is 2. The smallest absolute Gasteiger partial charge is 0.318 e. The molecule has 0 radical (unpaired) electrons. The van der Waals surface area contributed by atoms with Crippen LogP contribution in [0.4, 0.5) is 5.82 Å². The number of halogens is 1. The van der Waals surface area contributed by atoms with Gasteiger partial charge in [-0.05, 0) is 12.5 Å². The summed E-state index contributed by atoms with van der Waals surface area (Å²) < 4.78 is 5.01. The number of nitrogens with two attached hydrogens (primary N) is 1. The van der Waals surface area contributed by atoms with Crippen molar-refractivity contribution in [2.45, 2.75) is 12.5 Å². The van der Waals surface area contributed by atoms with E-state index in [1.165, 1.54) is 13.3 Å². The zero-order valence-corrected chi connectivity index (χ0v) is 12.2. The van der Waals surface area contributed by atoms with Gasteiger partial charge in [-0.25, -0.2) is 4.98 Å². The minimum absolute atomic E-state index is 0.254. The Morgan fingerprint density at radius 1 is 1.35 bits per heavy atom. The highest BCUT2D eigenvalue weighted by molar-refractivity contribution is 6.32. The second-order valence-corrected chi connectivity index (χ2v) is 4.99. The first-order valence-corrected chi connectivity index (χ1v) is 6.57. The summed E-state index contributed by atoms with van der Waals surface area (Å²) in [6, 6.07) is 10.2. The van der Waals surface area contributed by atoms with Gasteiger partial charge in [0.1, 0.15) is 5.02 Å². The van der Waals surface area contributed by atoms with Crippen LogP contribution in [0.15, 0.2) is 36.5 Å². The molecule has 1 aromatic heterocycles. The van der Waals surface area contributed by atoms with Gasteiger partial charge in [0.2, 0.25) is 0 Å². The van der Waals surface area contributed by atoms with Crippen molar-refractivity contribution >= 4 is 17.4 Å². The summed E-state index contributed by atoms with van der Waals surface area (Å²) in [5, 5.41) is 3.69. The summed E-state index contributed by atoms with van der Waals surface area (Å²) in [6.45, 7) is 2.38. The largest absolute Gasteiger partial charge is 0.467 e. The summed E-state index contributed by atoms with van der Waals surface area (Å²) in [5.41, 5.74) is 6.50. The fourth-order valence-corrected chi connectivity index (χ4v) is 1.98. The molecule has 0 aliphatic rings. The molecular formula is C14H17ClN4O. The number of rotatable bonds is 5. The van der Waals surface area contributed by atoms with Crippen LogP contribution >= 0.6 is 11.6 Å². The maximum Gasteiger partial charge on any atom is 0.318 e. The van der Waals surface area contributed by atoms with Gasteiger partial charge in [-0.1, -0.05) is 41.9 Å². The molecule has 1 aromatic carbocycles. The average molecular weight is 293 g/mol. The lowest BCUT2D eigenvalue weighted by Crippen LogP contribution is -2.40. The number of ether oxygens (including phenoxy) is 1. The number of methoxy groups -OCH3 is 1. The first-order valence-electron chi connectivity index (χ1n) is 6.19. The lowest BCUT2D eigenvalue weighted by Gasteiger charge is -2.31. The van der Waals surface area contributed by atoms with Crippen LogP contribution in [0.3, 0.4) is 0 Å². The van der Waals surface area contributed by atoms with Crippen LogP contribution in [0.1, 0.15) is 12.5 Å². The summed E-state index contributed by atoms with van der Waals surface area (Å²) >= 11 is 6.12. The van der Waals surface area contributed by atoms with Crippen molar-refractivity contribution < 1.29 is 4.74 Å². The maximum absolute atomic E-state index is 6.12. The average Bonchev–Trinajstić information content (AvgIpc) is 2.50. The zero-order chi connectivity index (χ0) is 14.6. The Labute approximate surface area is 123 Å². The van der Waals surface area contributed by atoms with Crippen molar-refractivity contribution in [2.75, 3.05) is 19.0 Å². The highest BCUT2D eigenvalue weighted by atomic mass is 35.5. The zero-order valence-electron chi connectivity index (χ0n) is 11.4. The van der Waals surface area contributed by atoms with Crippen LogP contribution in [0, 0.1) is 0 Å². The van der Waals surface area contributed by atoms with E-state index in [9.17, 15) is 0 Å². The summed E-state index contributed by atoms with van der Waals surface area (Å²) in [4.78, 5) is 8.17. The van der Waals surface area contributed by atoms with E-state index in [0.717, 1.165) is 5.56 Å². The van der Waals surface area contributed by atoms with E-state index in [4.69, 9.17) is 22.1 Å². The lowest BCUT2D eigenvalue weighted by molar-refractivity contribution is 0.380. The number of hydrogen-bond acceptors (Lipinski definition) is 5. The Kier molecular flexibility index (Phi) is 4.42. The van der Waals surface area contributed by atoms with Crippen LogP contribution in [0.25, 0.3) is 0 Å². The number of nitrogens with one attached hydrogen (secondary N) is 1. The third-order valence-electron chi connectivity index (χ3n) is 3.12. The minimum Gasteiger partial charge on any atom is -0.467 e. The van der Waals surface area contributed by atoms with Gasteiger partial charge in [-0.15, -0.1) is 0 Å². The normalized spacial score (nSPS) is 13.6. The standard InChI is InChI=1S/C14H17ClN4O/c1-14(9-16,10-6-4-3-5-7-10)19-12-11(15)8-17-13(18-12)20-2/h3-8H,9,16H2,1-2H3,(H,17,18,19). The Bertz CT molecular complexity index is 579. The van der Waals surface area contributed by atoms with Crippen molar-refractivity contribution in [3.05, 3.63) is 47.1 Å². The Balaban J connectivity index is 2.35. The Morgan fingerprint density at radius 3 is 2.65 bits per heavy atom. The summed E-state index contributed by atoms with van der Waals surface area (Å²) in [7, 11) is 1.51. The summed E-state index contributed by atoms with van der Waals surface area (Å²) in [6.07, 6.45) is 1.50. The lowest BCUT2D eigenvalue weighted by atomic mass is 9.92. The van der Waals surface area contributed by atoms with E-state index >= 15 is 0 Å². The van der Waals surface area contributed by atoms with Gasteiger partial charge in [0.05, 0.1) is 18.8 Å². The summed E-state index contributed by atoms with van der Waals surface area (Å²) in [5.74, 6) is 0.496. The predicted octanol–water partition coefficient (Wildman–Crippen LogP) is 2.42. The number of hydrogen-bond donors (Lipinski definition) is 2. The fourth-order valence-electron chi connectivity index (χ4n) is 1.85. The monoisotopic (exact) mass is 292 g/mol. The molecule has 0 amide bonds. The van der Waals surface area contributed by atoms with Crippen LogP contribution in [-0.4, -0.2) is 23.6 Å². The molecule has 6 heteroatoms. The molecule has 1 heterocycles. The molecule has 3 N–H and O–H groups in total. The topological polar surface area (TPSA) is 73.1 Å². The van der Waals surface area contributed by atoms with E-state index in [-0.39, 0.29) is 6.01 Å². The van der Waals surface area contributed by atoms with Crippen LogP contribution in [-0.2, 0) is 5.54 Å². The van der Waals surface area contributed by atoms with Crippen molar-refractivity contribution in [1.82, 2.24) is 9.97 Å². The van der Waals surface area contributed by atoms with Gasteiger partial charge in [0, 0.05) is 6.54 Å². The van der Waals surface area contributed by atoms with E-state index in [0.29, 0.717) is 17.4 Å². The minimum atomic E-state index is -0.482. The number of anilines is 1. The molecule has 2 rings (SSSR count). The molecular weight excluding hydrogens is 276 g/mol. The third-order valence-corrected chi connectivity index (χ3v) is 3.39. The molecule has 0 saturated heterocycles. The van der Waals surface area contributed by atoms with Crippen molar-refractivity contribution in [3.8, 4) is 6.01 Å². The second-order valence-electron chi connectivity index (χ2n) is 4.58. The fraction of sp³-hybridized carbons (Fsp3) is 0.286. The molecule has 1 unspecified atom stereocenters. The highest BCUT2D eigenvalue weighted by Crippen LogP contribution is 2.28. The van der Waals surface area contributed by atoms with Gasteiger partial charge in [-0.2, -0.15) is 4.98 Å². The molecule has 0 saturated carbocycles. The van der Waals surface area contributed by atoms with Crippen LogP contribution < -0.4 is 15.8 Å². The van der Waals surface area contributed by atoms with Crippen molar-refractivity contribution in [2.24, 2.45) is 5.73 Å². The third kappa shape index (κ3) is 3.00. The molecule has 0 bridgehead atoms. The first-order chi connectivity index (χ1) is 9.59. The number of aromatic nitrogens is 2. The van der Waals surface area contributed by atoms with E-state index in [1.54, 1.807) is 0 Å². The molecule has 0 spiro atoms. The van der Waals surface area contributed by atoms with E-state index in [2.05, 4.69) is 15.3 Å². The van der Waals surface area contributed by atoms with Gasteiger partial charge < -0.3 is 15.8 Å². The highest BCUT2D eigenvalue weighted by Gasteiger charge is 2.26. The molecule has 0 fully saturated rings.